The number of hydrogen-bond acceptors (Lipinski definition) is 2. The average Bonchev–Trinajstić information content (AvgIpc) is 3.26. The monoisotopic (exact) mass is 399 g/mol. The molecule has 2 bridgehead atoms. The van der Waals surface area contributed by atoms with Gasteiger partial charge >= 0.3 is 0 Å². The van der Waals surface area contributed by atoms with Gasteiger partial charge in [-0.2, -0.15) is 5.10 Å². The normalized spacial score (nSPS) is 24.2. The van der Waals surface area contributed by atoms with Gasteiger partial charge in [0, 0.05) is 30.8 Å². The smallest absolute Gasteiger partial charge is 0.282 e. The summed E-state index contributed by atoms with van der Waals surface area (Å²) in [6.45, 7) is 0. The minimum absolute atomic E-state index is 0.106. The molecule has 1 aromatic heterocycles. The molecule has 0 spiro atoms. The first kappa shape index (κ1) is 17.7. The van der Waals surface area contributed by atoms with Gasteiger partial charge in [0.1, 0.15) is 10.2 Å². The summed E-state index contributed by atoms with van der Waals surface area (Å²) < 4.78 is 27.8. The van der Waals surface area contributed by atoms with Crippen LogP contribution in [0.2, 0.25) is 0 Å². The summed E-state index contributed by atoms with van der Waals surface area (Å²) in [5.74, 6) is -0.218. The Morgan fingerprint density at radius 3 is 2.77 bits per heavy atom. The van der Waals surface area contributed by atoms with Gasteiger partial charge in [0.2, 0.25) is 0 Å². The number of rotatable bonds is 3. The number of halogens is 4. The minimum Gasteiger partial charge on any atom is -0.322 e. The molecule has 1 heterocycles. The topological polar surface area (TPSA) is 46.9 Å². The number of fused-ring (bicyclic) bond motifs is 4. The number of aryl methyl sites for hydroxylation is 1. The number of nitrogens with zero attached hydrogens (tertiary/aromatic N) is 2. The van der Waals surface area contributed by atoms with E-state index < -0.39 is 18.0 Å². The second kappa shape index (κ2) is 6.50. The van der Waals surface area contributed by atoms with Gasteiger partial charge < -0.3 is 5.32 Å². The van der Waals surface area contributed by atoms with Crippen molar-refractivity contribution < 1.29 is 13.6 Å². The van der Waals surface area contributed by atoms with E-state index in [4.69, 9.17) is 23.2 Å². The van der Waals surface area contributed by atoms with Crippen molar-refractivity contribution in [3.63, 3.8) is 0 Å². The van der Waals surface area contributed by atoms with Crippen LogP contribution in [0.3, 0.4) is 0 Å². The molecule has 1 amide bonds. The van der Waals surface area contributed by atoms with E-state index in [2.05, 4.69) is 10.4 Å². The number of aromatic nitrogens is 2. The van der Waals surface area contributed by atoms with E-state index in [0.717, 1.165) is 36.8 Å². The van der Waals surface area contributed by atoms with Crippen LogP contribution in [0.25, 0.3) is 0 Å². The first-order valence-corrected chi connectivity index (χ1v) is 9.25. The molecule has 1 N–H and O–H groups in total. The molecular weight excluding hydrogens is 383 g/mol. The number of amides is 1. The van der Waals surface area contributed by atoms with Gasteiger partial charge in [-0.15, -0.1) is 0 Å². The summed E-state index contributed by atoms with van der Waals surface area (Å²) >= 11 is 12.2. The molecule has 0 aromatic carbocycles. The molecule has 1 saturated carbocycles. The maximum Gasteiger partial charge on any atom is 0.282 e. The highest BCUT2D eigenvalue weighted by Crippen LogP contribution is 2.58. The molecule has 2 atom stereocenters. The fourth-order valence-corrected chi connectivity index (χ4v) is 5.05. The second-order valence-electron chi connectivity index (χ2n) is 6.85. The first-order chi connectivity index (χ1) is 12.4. The Morgan fingerprint density at radius 1 is 1.35 bits per heavy atom. The summed E-state index contributed by atoms with van der Waals surface area (Å²) in [4.78, 5) is 12.6. The lowest BCUT2D eigenvalue weighted by molar-refractivity contribution is 0.0951. The predicted molar refractivity (Wildman–Crippen MR) is 94.9 cm³/mol. The van der Waals surface area contributed by atoms with Crippen LogP contribution in [0.1, 0.15) is 48.2 Å². The molecule has 2 unspecified atom stereocenters. The molecule has 4 nitrogen and oxygen atoms in total. The van der Waals surface area contributed by atoms with Crippen molar-refractivity contribution in [2.24, 2.45) is 18.9 Å². The van der Waals surface area contributed by atoms with Crippen molar-refractivity contribution in [3.05, 3.63) is 50.4 Å². The van der Waals surface area contributed by atoms with E-state index in [1.165, 1.54) is 23.5 Å². The lowest BCUT2D eigenvalue weighted by atomic mass is 9.84. The third kappa shape index (κ3) is 2.70. The largest absolute Gasteiger partial charge is 0.322 e. The van der Waals surface area contributed by atoms with Crippen LogP contribution in [-0.4, -0.2) is 15.7 Å². The Hall–Kier alpha value is -1.66. The molecular formula is C18H17Cl2F2N3O. The molecule has 1 aromatic rings. The number of allylic oxidation sites excluding steroid dienone is 4. The van der Waals surface area contributed by atoms with Crippen LogP contribution < -0.4 is 5.32 Å². The van der Waals surface area contributed by atoms with E-state index in [1.54, 1.807) is 0 Å². The molecule has 4 rings (SSSR count). The third-order valence-corrected chi connectivity index (χ3v) is 5.87. The van der Waals surface area contributed by atoms with Gasteiger partial charge in [-0.05, 0) is 36.8 Å². The fourth-order valence-electron chi connectivity index (χ4n) is 4.53. The Kier molecular flexibility index (Phi) is 4.43. The van der Waals surface area contributed by atoms with Crippen LogP contribution in [0.4, 0.5) is 8.78 Å². The standard InChI is InChI=1S/C18H17Cl2F2N3O/c1-25-7-11(15(24-25)17(21)22)18(26)23-12-4-2-3-8-9-5-6-10(13(8)12)14(9)16(19)20/h4,7,9-10,17H,2-3,5-6H2,1H3,(H,23,26). The number of carbonyl (C=O) groups is 1. The first-order valence-electron chi connectivity index (χ1n) is 8.50. The van der Waals surface area contributed by atoms with E-state index >= 15 is 0 Å². The van der Waals surface area contributed by atoms with Gasteiger partial charge in [0.05, 0.1) is 5.56 Å². The van der Waals surface area contributed by atoms with E-state index in [0.29, 0.717) is 10.2 Å². The molecule has 1 fully saturated rings. The molecule has 138 valence electrons. The van der Waals surface area contributed by atoms with Gasteiger partial charge in [-0.25, -0.2) is 8.78 Å². The molecule has 3 aliphatic carbocycles. The molecule has 8 heteroatoms. The van der Waals surface area contributed by atoms with Gasteiger partial charge in [0.25, 0.3) is 12.3 Å². The van der Waals surface area contributed by atoms with E-state index in [-0.39, 0.29) is 17.4 Å². The van der Waals surface area contributed by atoms with Gasteiger partial charge in [-0.1, -0.05) is 34.9 Å². The van der Waals surface area contributed by atoms with Crippen molar-refractivity contribution in [2.45, 2.75) is 32.1 Å². The Bertz CT molecular complexity index is 881. The molecule has 26 heavy (non-hydrogen) atoms. The van der Waals surface area contributed by atoms with Crippen LogP contribution in [0.15, 0.2) is 39.2 Å². The van der Waals surface area contributed by atoms with E-state index in [1.807, 2.05) is 6.08 Å². The Morgan fingerprint density at radius 2 is 2.08 bits per heavy atom. The van der Waals surface area contributed by atoms with E-state index in [9.17, 15) is 13.6 Å². The van der Waals surface area contributed by atoms with Crippen LogP contribution in [0, 0.1) is 11.8 Å². The third-order valence-electron chi connectivity index (χ3n) is 5.44. The molecule has 0 radical (unpaired) electrons. The Labute approximate surface area is 159 Å². The van der Waals surface area contributed by atoms with Crippen molar-refractivity contribution in [2.75, 3.05) is 0 Å². The maximum atomic E-state index is 13.1. The van der Waals surface area contributed by atoms with Crippen molar-refractivity contribution >= 4 is 29.1 Å². The SMILES string of the molecule is Cn1cc(C(=O)NC2=CCCC3=C2C2CCC3C2=C(Cl)Cl)c(C(F)F)n1. The zero-order valence-corrected chi connectivity index (χ0v) is 15.5. The lowest BCUT2D eigenvalue weighted by Crippen LogP contribution is -2.27. The highest BCUT2D eigenvalue weighted by atomic mass is 35.5. The molecule has 0 saturated heterocycles. The van der Waals surface area contributed by atoms with Gasteiger partial charge in [-0.3, -0.25) is 9.48 Å². The van der Waals surface area contributed by atoms with Crippen LogP contribution in [-0.2, 0) is 7.05 Å². The quantitative estimate of drug-likeness (QED) is 0.793. The fraction of sp³-hybridized carbons (Fsp3) is 0.444. The highest BCUT2D eigenvalue weighted by Gasteiger charge is 2.46. The highest BCUT2D eigenvalue weighted by molar-refractivity contribution is 6.56. The molecule has 0 aliphatic heterocycles. The summed E-state index contributed by atoms with van der Waals surface area (Å²) in [5, 5.41) is 6.52. The van der Waals surface area contributed by atoms with Gasteiger partial charge in [0.15, 0.2) is 0 Å². The summed E-state index contributed by atoms with van der Waals surface area (Å²) in [5.41, 5.74) is 3.46. The second-order valence-corrected chi connectivity index (χ2v) is 7.80. The zero-order valence-electron chi connectivity index (χ0n) is 14.0. The number of carbonyl (C=O) groups excluding carboxylic acids is 1. The molecule has 3 aliphatic rings. The minimum atomic E-state index is -2.81. The maximum absolute atomic E-state index is 13.1. The summed E-state index contributed by atoms with van der Waals surface area (Å²) in [6, 6.07) is 0. The average molecular weight is 400 g/mol. The van der Waals surface area contributed by atoms with Crippen molar-refractivity contribution in [1.82, 2.24) is 15.1 Å². The van der Waals surface area contributed by atoms with Crippen LogP contribution >= 0.6 is 23.2 Å². The lowest BCUT2D eigenvalue weighted by Gasteiger charge is -2.25. The van der Waals surface area contributed by atoms with Crippen LogP contribution in [0.5, 0.6) is 0 Å². The zero-order chi connectivity index (χ0) is 18.6. The number of hydrogen-bond donors (Lipinski definition) is 1. The summed E-state index contributed by atoms with van der Waals surface area (Å²) in [7, 11) is 1.51. The Balaban J connectivity index is 1.64. The number of alkyl halides is 2. The number of nitrogens with one attached hydrogen (secondary N) is 1. The summed E-state index contributed by atoms with van der Waals surface area (Å²) in [6.07, 6.45) is 4.12. The predicted octanol–water partition coefficient (Wildman–Crippen LogP) is 4.79. The van der Waals surface area contributed by atoms with Crippen molar-refractivity contribution in [1.29, 1.82) is 0 Å². The van der Waals surface area contributed by atoms with Crippen molar-refractivity contribution in [3.8, 4) is 0 Å².